The van der Waals surface area contributed by atoms with Gasteiger partial charge in [0.1, 0.15) is 11.5 Å². The number of alkyl halides is 1. The Balaban J connectivity index is 1.97. The third kappa shape index (κ3) is 2.26. The molecule has 1 N–H and O–H groups in total. The average Bonchev–Trinajstić information content (AvgIpc) is 3.29. The van der Waals surface area contributed by atoms with Crippen LogP contribution in [-0.2, 0) is 19.1 Å². The molecule has 0 bridgehead atoms. The summed E-state index contributed by atoms with van der Waals surface area (Å²) < 4.78 is 5.46. The van der Waals surface area contributed by atoms with Gasteiger partial charge in [-0.25, -0.2) is 0 Å². The number of ketones is 2. The van der Waals surface area contributed by atoms with E-state index in [0.29, 0.717) is 18.4 Å². The zero-order valence-corrected chi connectivity index (χ0v) is 17.5. The Labute approximate surface area is 170 Å². The Morgan fingerprint density at radius 3 is 2.46 bits per heavy atom. The molecule has 5 nitrogen and oxygen atoms in total. The van der Waals surface area contributed by atoms with Crippen molar-refractivity contribution in [2.24, 2.45) is 28.6 Å². The summed E-state index contributed by atoms with van der Waals surface area (Å²) in [5.41, 5.74) is -0.310. The Bertz CT molecular complexity index is 844. The van der Waals surface area contributed by atoms with Crippen LogP contribution in [0, 0.1) is 28.6 Å². The number of halogens is 1. The predicted octanol–water partition coefficient (Wildman–Crippen LogP) is 2.98. The number of carbonyl (C=O) groups excluding carboxylic acids is 3. The highest BCUT2D eigenvalue weighted by atomic mass is 35.5. The first kappa shape index (κ1) is 19.8. The summed E-state index contributed by atoms with van der Waals surface area (Å²) in [7, 11) is 0. The van der Waals surface area contributed by atoms with Crippen LogP contribution in [0.1, 0.15) is 47.0 Å². The molecule has 152 valence electrons. The van der Waals surface area contributed by atoms with Crippen molar-refractivity contribution >= 4 is 29.1 Å². The van der Waals surface area contributed by atoms with Crippen molar-refractivity contribution in [3.8, 4) is 0 Å². The van der Waals surface area contributed by atoms with Crippen LogP contribution in [0.25, 0.3) is 0 Å². The van der Waals surface area contributed by atoms with Crippen LogP contribution in [0.15, 0.2) is 23.3 Å². The van der Waals surface area contributed by atoms with Gasteiger partial charge in [0.15, 0.2) is 17.7 Å². The van der Waals surface area contributed by atoms with Gasteiger partial charge in [-0.05, 0) is 31.1 Å². The van der Waals surface area contributed by atoms with Gasteiger partial charge in [-0.2, -0.15) is 0 Å². The van der Waals surface area contributed by atoms with E-state index in [1.54, 1.807) is 0 Å². The van der Waals surface area contributed by atoms with Crippen LogP contribution in [0.4, 0.5) is 0 Å². The van der Waals surface area contributed by atoms with Crippen molar-refractivity contribution in [2.45, 2.75) is 64.5 Å². The fourth-order valence-electron chi connectivity index (χ4n) is 6.05. The van der Waals surface area contributed by atoms with E-state index in [4.69, 9.17) is 16.3 Å². The SMILES string of the molecule is C=C1[C@@H]2[C@H](O)[C@@H](OC(C)=O)C3=C(C(=O)C(Cl)[C@@]4(C[C@@H]4C)C3=O)[C@@]2(C)CC[C@@H]1C. The normalized spacial score (nSPS) is 47.7. The number of allylic oxidation sites excluding steroid dienone is 1. The Morgan fingerprint density at radius 1 is 1.32 bits per heavy atom. The zero-order valence-electron chi connectivity index (χ0n) is 16.8. The molecular formula is C22H27ClO5. The third-order valence-corrected chi connectivity index (χ3v) is 8.43. The summed E-state index contributed by atoms with van der Waals surface area (Å²) >= 11 is 6.58. The quantitative estimate of drug-likeness (QED) is 0.411. The van der Waals surface area contributed by atoms with Crippen LogP contribution in [0.5, 0.6) is 0 Å². The smallest absolute Gasteiger partial charge is 0.303 e. The molecule has 1 spiro atoms. The van der Waals surface area contributed by atoms with Gasteiger partial charge < -0.3 is 9.84 Å². The summed E-state index contributed by atoms with van der Waals surface area (Å²) in [6, 6.07) is 0. The Kier molecular flexibility index (Phi) is 4.27. The molecule has 8 atom stereocenters. The second kappa shape index (κ2) is 6.02. The molecule has 1 unspecified atom stereocenters. The van der Waals surface area contributed by atoms with Crippen LogP contribution in [0.2, 0.25) is 0 Å². The maximum absolute atomic E-state index is 13.6. The van der Waals surface area contributed by atoms with Crippen LogP contribution < -0.4 is 0 Å². The van der Waals surface area contributed by atoms with E-state index >= 15 is 0 Å². The van der Waals surface area contributed by atoms with E-state index in [0.717, 1.165) is 12.0 Å². The van der Waals surface area contributed by atoms with Gasteiger partial charge in [0, 0.05) is 29.4 Å². The third-order valence-electron chi connectivity index (χ3n) is 7.84. The molecule has 0 saturated heterocycles. The van der Waals surface area contributed by atoms with Crippen LogP contribution in [-0.4, -0.2) is 40.2 Å². The number of hydrogen-bond donors (Lipinski definition) is 1. The lowest BCUT2D eigenvalue weighted by molar-refractivity contribution is -0.158. The molecule has 0 radical (unpaired) electrons. The highest BCUT2D eigenvalue weighted by Gasteiger charge is 2.71. The van der Waals surface area contributed by atoms with E-state index < -0.39 is 40.3 Å². The molecule has 4 aliphatic carbocycles. The molecule has 0 heterocycles. The summed E-state index contributed by atoms with van der Waals surface area (Å²) in [4.78, 5) is 38.9. The molecule has 0 aliphatic heterocycles. The van der Waals surface area contributed by atoms with Crippen molar-refractivity contribution in [1.29, 1.82) is 0 Å². The minimum atomic E-state index is -1.15. The molecule has 28 heavy (non-hydrogen) atoms. The largest absolute Gasteiger partial charge is 0.455 e. The number of fused-ring (bicyclic) bond motifs is 2. The maximum atomic E-state index is 13.6. The molecular weight excluding hydrogens is 380 g/mol. The van der Waals surface area contributed by atoms with Gasteiger partial charge in [-0.3, -0.25) is 14.4 Å². The molecule has 0 aromatic heterocycles. The van der Waals surface area contributed by atoms with Crippen molar-refractivity contribution < 1.29 is 24.2 Å². The number of Topliss-reactive ketones (excluding diaryl/α,β-unsaturated/α-hetero) is 2. The van der Waals surface area contributed by atoms with Crippen LogP contribution >= 0.6 is 11.6 Å². The highest BCUT2D eigenvalue weighted by molar-refractivity contribution is 6.40. The zero-order chi connectivity index (χ0) is 20.8. The summed E-state index contributed by atoms with van der Waals surface area (Å²) in [5.74, 6) is -1.39. The van der Waals surface area contributed by atoms with E-state index in [2.05, 4.69) is 6.58 Å². The van der Waals surface area contributed by atoms with Crippen LogP contribution in [0.3, 0.4) is 0 Å². The number of carbonyl (C=O) groups is 3. The molecule has 0 aromatic rings. The second-order valence-electron chi connectivity index (χ2n) is 9.42. The lowest BCUT2D eigenvalue weighted by Crippen LogP contribution is -2.60. The predicted molar refractivity (Wildman–Crippen MR) is 104 cm³/mol. The van der Waals surface area contributed by atoms with Gasteiger partial charge in [0.05, 0.1) is 5.41 Å². The minimum Gasteiger partial charge on any atom is -0.455 e. The van der Waals surface area contributed by atoms with Crippen molar-refractivity contribution in [1.82, 2.24) is 0 Å². The second-order valence-corrected chi connectivity index (χ2v) is 9.86. The topological polar surface area (TPSA) is 80.7 Å². The minimum absolute atomic E-state index is 0.0116. The van der Waals surface area contributed by atoms with Gasteiger partial charge in [-0.15, -0.1) is 11.6 Å². The van der Waals surface area contributed by atoms with Gasteiger partial charge in [0.2, 0.25) is 0 Å². The lowest BCUT2D eigenvalue weighted by atomic mass is 9.50. The number of hydrogen-bond acceptors (Lipinski definition) is 5. The molecule has 4 aliphatic rings. The molecule has 6 heteroatoms. The Hall–Kier alpha value is -1.46. The standard InChI is InChI=1S/C22H27ClO5/c1-9-6-7-21(5)14(11(9)3)16(25)18(28-12(4)24)13-15(21)17(26)19(23)22(20(13)27)8-10(22)2/h9-10,14,16,18-19,25H,3,6-8H2,1-2,4-5H3/t9-,10-,14+,16-,18-,19?,21-,22-/m0/s1. The molecule has 2 saturated carbocycles. The molecule has 0 amide bonds. The van der Waals surface area contributed by atoms with E-state index in [1.165, 1.54) is 6.92 Å². The number of rotatable bonds is 1. The number of ether oxygens (including phenoxy) is 1. The van der Waals surface area contributed by atoms with E-state index in [1.807, 2.05) is 20.8 Å². The monoisotopic (exact) mass is 406 g/mol. The summed E-state index contributed by atoms with van der Waals surface area (Å²) in [6.45, 7) is 11.3. The maximum Gasteiger partial charge on any atom is 0.303 e. The number of aliphatic hydroxyl groups is 1. The van der Waals surface area contributed by atoms with E-state index in [9.17, 15) is 19.5 Å². The van der Waals surface area contributed by atoms with Gasteiger partial charge >= 0.3 is 5.97 Å². The first-order chi connectivity index (χ1) is 13.0. The van der Waals surface area contributed by atoms with E-state index in [-0.39, 0.29) is 29.0 Å². The Morgan fingerprint density at radius 2 is 1.93 bits per heavy atom. The summed E-state index contributed by atoms with van der Waals surface area (Å²) in [5, 5.41) is 10.4. The first-order valence-corrected chi connectivity index (χ1v) is 10.4. The fourth-order valence-corrected chi connectivity index (χ4v) is 6.57. The summed E-state index contributed by atoms with van der Waals surface area (Å²) in [6.07, 6.45) is -0.277. The lowest BCUT2D eigenvalue weighted by Gasteiger charge is -2.55. The van der Waals surface area contributed by atoms with Crippen molar-refractivity contribution in [3.05, 3.63) is 23.3 Å². The van der Waals surface area contributed by atoms with Gasteiger partial charge in [-0.1, -0.05) is 32.9 Å². The molecule has 2 fully saturated rings. The molecule has 4 rings (SSSR count). The first-order valence-electron chi connectivity index (χ1n) is 10.00. The average molecular weight is 407 g/mol. The number of esters is 1. The highest BCUT2D eigenvalue weighted by Crippen LogP contribution is 2.66. The van der Waals surface area contributed by atoms with Crippen molar-refractivity contribution in [3.63, 3.8) is 0 Å². The fraction of sp³-hybridized carbons (Fsp3) is 0.682. The van der Waals surface area contributed by atoms with Gasteiger partial charge in [0.25, 0.3) is 0 Å². The molecule has 0 aromatic carbocycles. The van der Waals surface area contributed by atoms with Crippen molar-refractivity contribution in [2.75, 3.05) is 0 Å². The number of aliphatic hydroxyl groups excluding tert-OH is 1.